The zero-order valence-electron chi connectivity index (χ0n) is 21.9. The highest BCUT2D eigenvalue weighted by Gasteiger charge is 2.39. The van der Waals surface area contributed by atoms with Gasteiger partial charge in [0.1, 0.15) is 12.2 Å². The van der Waals surface area contributed by atoms with Crippen LogP contribution in [0, 0.1) is 29.6 Å². The third kappa shape index (κ3) is 8.30. The van der Waals surface area contributed by atoms with Crippen LogP contribution >= 0.6 is 0 Å². The molecule has 2 aromatic carbocycles. The summed E-state index contributed by atoms with van der Waals surface area (Å²) in [7, 11) is 0. The second-order valence-electron chi connectivity index (χ2n) is 10.5. The van der Waals surface area contributed by atoms with E-state index in [4.69, 9.17) is 9.47 Å². The van der Waals surface area contributed by atoms with E-state index in [-0.39, 0.29) is 41.9 Å². The molecule has 4 atom stereocenters. The largest absolute Gasteiger partial charge is 0.459 e. The highest BCUT2D eigenvalue weighted by molar-refractivity contribution is 5.90. The van der Waals surface area contributed by atoms with Gasteiger partial charge in [0.05, 0.1) is 11.1 Å². The molecule has 0 saturated heterocycles. The third-order valence-electron chi connectivity index (χ3n) is 6.27. The lowest BCUT2D eigenvalue weighted by atomic mass is 9.72. The van der Waals surface area contributed by atoms with Crippen LogP contribution in [0.3, 0.4) is 0 Å². The van der Waals surface area contributed by atoms with Gasteiger partial charge >= 0.3 is 11.9 Å². The Kier molecular flexibility index (Phi) is 10.8. The number of hydrogen-bond acceptors (Lipinski definition) is 4. The molecule has 0 heterocycles. The van der Waals surface area contributed by atoms with Crippen molar-refractivity contribution < 1.29 is 19.1 Å². The molecule has 0 aliphatic rings. The molecule has 0 amide bonds. The molecule has 0 fully saturated rings. The van der Waals surface area contributed by atoms with Crippen LogP contribution in [0.1, 0.15) is 82.0 Å². The van der Waals surface area contributed by atoms with Gasteiger partial charge < -0.3 is 9.47 Å². The van der Waals surface area contributed by atoms with Gasteiger partial charge in [-0.3, -0.25) is 0 Å². The predicted molar refractivity (Wildman–Crippen MR) is 138 cm³/mol. The SMILES string of the molecule is CC(C)CC(C(C)OC(=O)c1ccccc1)C(CC(C)C)C(OC(=O)c1ccccc1)C(C)C. The van der Waals surface area contributed by atoms with E-state index in [9.17, 15) is 9.59 Å². The molecule has 4 nitrogen and oxygen atoms in total. The number of benzene rings is 2. The van der Waals surface area contributed by atoms with Gasteiger partial charge in [-0.15, -0.1) is 0 Å². The highest BCUT2D eigenvalue weighted by Crippen LogP contribution is 2.37. The number of ether oxygens (including phenoxy) is 2. The van der Waals surface area contributed by atoms with Crippen LogP contribution in [0.25, 0.3) is 0 Å². The molecule has 4 heteroatoms. The maximum Gasteiger partial charge on any atom is 0.338 e. The third-order valence-corrected chi connectivity index (χ3v) is 6.27. The van der Waals surface area contributed by atoms with E-state index in [0.717, 1.165) is 12.8 Å². The number of carbonyl (C=O) groups excluding carboxylic acids is 2. The van der Waals surface area contributed by atoms with Crippen LogP contribution in [0.5, 0.6) is 0 Å². The van der Waals surface area contributed by atoms with Gasteiger partial charge in [0.2, 0.25) is 0 Å². The van der Waals surface area contributed by atoms with Gasteiger partial charge in [-0.05, 0) is 61.8 Å². The summed E-state index contributed by atoms with van der Waals surface area (Å²) in [5, 5.41) is 0. The summed E-state index contributed by atoms with van der Waals surface area (Å²) >= 11 is 0. The van der Waals surface area contributed by atoms with Crippen molar-refractivity contribution in [3.63, 3.8) is 0 Å². The van der Waals surface area contributed by atoms with Crippen molar-refractivity contribution in [1.29, 1.82) is 0 Å². The number of rotatable bonds is 12. The lowest BCUT2D eigenvalue weighted by molar-refractivity contribution is -0.0518. The van der Waals surface area contributed by atoms with Crippen molar-refractivity contribution >= 4 is 11.9 Å². The molecule has 4 unspecified atom stereocenters. The van der Waals surface area contributed by atoms with Crippen LogP contribution in [-0.2, 0) is 9.47 Å². The topological polar surface area (TPSA) is 52.6 Å². The first kappa shape index (κ1) is 27.6. The van der Waals surface area contributed by atoms with Crippen molar-refractivity contribution in [1.82, 2.24) is 0 Å². The fourth-order valence-electron chi connectivity index (χ4n) is 4.74. The molecule has 0 aromatic heterocycles. The lowest BCUT2D eigenvalue weighted by Gasteiger charge is -2.39. The van der Waals surface area contributed by atoms with Crippen molar-refractivity contribution in [3.05, 3.63) is 71.8 Å². The molecule has 0 aliphatic heterocycles. The maximum absolute atomic E-state index is 13.0. The summed E-state index contributed by atoms with van der Waals surface area (Å²) < 4.78 is 12.2. The van der Waals surface area contributed by atoms with Crippen molar-refractivity contribution in [3.8, 4) is 0 Å². The smallest absolute Gasteiger partial charge is 0.338 e. The highest BCUT2D eigenvalue weighted by atomic mass is 16.6. The van der Waals surface area contributed by atoms with Crippen LogP contribution in [0.4, 0.5) is 0 Å². The average molecular weight is 467 g/mol. The maximum atomic E-state index is 13.0. The van der Waals surface area contributed by atoms with Crippen LogP contribution < -0.4 is 0 Å². The molecular weight excluding hydrogens is 424 g/mol. The fraction of sp³-hybridized carbons (Fsp3) is 0.533. The van der Waals surface area contributed by atoms with Gasteiger partial charge in [-0.1, -0.05) is 77.9 Å². The van der Waals surface area contributed by atoms with E-state index in [2.05, 4.69) is 41.5 Å². The molecule has 0 saturated carbocycles. The first-order valence-corrected chi connectivity index (χ1v) is 12.6. The Bertz CT molecular complexity index is 873. The fourth-order valence-corrected chi connectivity index (χ4v) is 4.74. The molecule has 2 aromatic rings. The van der Waals surface area contributed by atoms with Gasteiger partial charge in [-0.2, -0.15) is 0 Å². The minimum Gasteiger partial charge on any atom is -0.459 e. The van der Waals surface area contributed by atoms with Gasteiger partial charge in [0, 0.05) is 11.8 Å². The molecule has 186 valence electrons. The Hall–Kier alpha value is -2.62. The van der Waals surface area contributed by atoms with Crippen molar-refractivity contribution in [2.45, 2.75) is 73.5 Å². The second-order valence-corrected chi connectivity index (χ2v) is 10.5. The minimum absolute atomic E-state index is 0.0611. The normalized spacial score (nSPS) is 15.1. The molecule has 0 spiro atoms. The minimum atomic E-state index is -0.312. The average Bonchev–Trinajstić information content (AvgIpc) is 2.80. The molecule has 0 bridgehead atoms. The van der Waals surface area contributed by atoms with Crippen LogP contribution in [0.2, 0.25) is 0 Å². The zero-order valence-corrected chi connectivity index (χ0v) is 21.9. The molecule has 0 aliphatic carbocycles. The Morgan fingerprint density at radius 3 is 1.44 bits per heavy atom. The molecular formula is C30H42O4. The first-order valence-electron chi connectivity index (χ1n) is 12.6. The lowest BCUT2D eigenvalue weighted by Crippen LogP contribution is -2.42. The van der Waals surface area contributed by atoms with Crippen LogP contribution in [0.15, 0.2) is 60.7 Å². The van der Waals surface area contributed by atoms with Gasteiger partial charge in [-0.25, -0.2) is 9.59 Å². The summed E-state index contributed by atoms with van der Waals surface area (Å²) in [5.41, 5.74) is 1.11. The molecule has 0 radical (unpaired) electrons. The van der Waals surface area contributed by atoms with E-state index < -0.39 is 0 Å². The van der Waals surface area contributed by atoms with E-state index in [1.165, 1.54) is 0 Å². The number of carbonyl (C=O) groups is 2. The van der Waals surface area contributed by atoms with Crippen molar-refractivity contribution in [2.75, 3.05) is 0 Å². The zero-order chi connectivity index (χ0) is 25.3. The molecule has 0 N–H and O–H groups in total. The Balaban J connectivity index is 2.34. The number of hydrogen-bond donors (Lipinski definition) is 0. The van der Waals surface area contributed by atoms with Crippen LogP contribution in [-0.4, -0.2) is 24.1 Å². The molecule has 34 heavy (non-hydrogen) atoms. The van der Waals surface area contributed by atoms with Gasteiger partial charge in [0.15, 0.2) is 0 Å². The second kappa shape index (κ2) is 13.3. The predicted octanol–water partition coefficient (Wildman–Crippen LogP) is 7.44. The summed E-state index contributed by atoms with van der Waals surface area (Å²) in [6, 6.07) is 18.3. The summed E-state index contributed by atoms with van der Waals surface area (Å²) in [5.74, 6) is 0.462. The Morgan fingerprint density at radius 1 is 0.618 bits per heavy atom. The standard InChI is InChI=1S/C30H42O4/c1-20(2)18-26(23(7)33-29(31)24-14-10-8-11-15-24)27(19-21(3)4)28(22(5)6)34-30(32)25-16-12-9-13-17-25/h8-17,20-23,26-28H,18-19H2,1-7H3. The van der Waals surface area contributed by atoms with Crippen molar-refractivity contribution in [2.24, 2.45) is 29.6 Å². The van der Waals surface area contributed by atoms with Gasteiger partial charge in [0.25, 0.3) is 0 Å². The summed E-state index contributed by atoms with van der Waals surface area (Å²) in [4.78, 5) is 25.9. The first-order chi connectivity index (χ1) is 16.1. The Labute approximate surface area is 206 Å². The molecule has 2 rings (SSSR count). The Morgan fingerprint density at radius 2 is 1.03 bits per heavy atom. The van der Waals surface area contributed by atoms with E-state index >= 15 is 0 Å². The summed E-state index contributed by atoms with van der Waals surface area (Å²) in [6.45, 7) is 14.9. The van der Waals surface area contributed by atoms with E-state index in [1.807, 2.05) is 43.3 Å². The quantitative estimate of drug-likeness (QED) is 0.305. The summed E-state index contributed by atoms with van der Waals surface area (Å²) in [6.07, 6.45) is 1.18. The monoisotopic (exact) mass is 466 g/mol. The van der Waals surface area contributed by atoms with E-state index in [0.29, 0.717) is 23.0 Å². The van der Waals surface area contributed by atoms with E-state index in [1.54, 1.807) is 24.3 Å². The number of esters is 2.